The summed E-state index contributed by atoms with van der Waals surface area (Å²) in [5.41, 5.74) is 1.20. The molecule has 10 nitrogen and oxygen atoms in total. The van der Waals surface area contributed by atoms with Crippen molar-refractivity contribution in [2.24, 2.45) is 17.8 Å². The highest BCUT2D eigenvalue weighted by Crippen LogP contribution is 2.47. The molecule has 5 atom stereocenters. The van der Waals surface area contributed by atoms with Crippen molar-refractivity contribution in [2.45, 2.75) is 64.0 Å². The van der Waals surface area contributed by atoms with Gasteiger partial charge in [0.05, 0.1) is 36.5 Å². The number of methoxy groups -OCH3 is 1. The maximum absolute atomic E-state index is 14.0. The van der Waals surface area contributed by atoms with Crippen LogP contribution in [0.15, 0.2) is 67.8 Å². The van der Waals surface area contributed by atoms with Crippen LogP contribution in [0.25, 0.3) is 22.3 Å². The average molecular weight is 655 g/mol. The minimum absolute atomic E-state index is 0.126. The van der Waals surface area contributed by atoms with Gasteiger partial charge in [0, 0.05) is 30.6 Å². The van der Waals surface area contributed by atoms with E-state index in [9.17, 15) is 14.4 Å². The number of esters is 1. The molecule has 0 aliphatic heterocycles. The highest BCUT2D eigenvalue weighted by atomic mass is 16.5. The molecule has 2 amide bonds. The summed E-state index contributed by atoms with van der Waals surface area (Å²) in [6.45, 7) is 12.0. The molecule has 1 aromatic heterocycles. The molecule has 0 bridgehead atoms. The molecular formula is C38H46N4O6. The van der Waals surface area contributed by atoms with E-state index in [0.717, 1.165) is 30.4 Å². The fraction of sp³-hybridized carbons (Fsp3) is 0.447. The smallest absolute Gasteiger partial charge is 0.332 e. The predicted octanol–water partition coefficient (Wildman–Crippen LogP) is 5.83. The molecular weight excluding hydrogens is 608 g/mol. The molecule has 5 rings (SSSR count). The molecule has 2 saturated carbocycles. The minimum atomic E-state index is -1.16. The van der Waals surface area contributed by atoms with E-state index in [-0.39, 0.29) is 30.8 Å². The van der Waals surface area contributed by atoms with Crippen LogP contribution in [-0.4, -0.2) is 71.6 Å². The van der Waals surface area contributed by atoms with Gasteiger partial charge in [-0.2, -0.15) is 4.98 Å². The van der Waals surface area contributed by atoms with Crippen LogP contribution in [0.2, 0.25) is 0 Å². The third kappa shape index (κ3) is 7.07. The van der Waals surface area contributed by atoms with E-state index in [4.69, 9.17) is 24.2 Å². The second-order valence-electron chi connectivity index (χ2n) is 12.7. The Morgan fingerprint density at radius 3 is 2.48 bits per heavy atom. The number of ether oxygens (including phenoxy) is 3. The first-order valence-electron chi connectivity index (χ1n) is 16.7. The van der Waals surface area contributed by atoms with E-state index in [2.05, 4.69) is 18.5 Å². The summed E-state index contributed by atoms with van der Waals surface area (Å²) >= 11 is 0. The maximum atomic E-state index is 14.0. The molecule has 254 valence electrons. The molecule has 1 unspecified atom stereocenters. The number of carbonyl (C=O) groups is 3. The number of unbranched alkanes of at least 4 members (excludes halogenated alkanes) is 2. The van der Waals surface area contributed by atoms with Gasteiger partial charge >= 0.3 is 5.97 Å². The summed E-state index contributed by atoms with van der Waals surface area (Å²) in [4.78, 5) is 52.4. The van der Waals surface area contributed by atoms with E-state index in [1.807, 2.05) is 55.5 Å². The topological polar surface area (TPSA) is 120 Å². The summed E-state index contributed by atoms with van der Waals surface area (Å²) in [6, 6.07) is 13.4. The molecule has 2 aliphatic rings. The summed E-state index contributed by atoms with van der Waals surface area (Å²) < 4.78 is 17.5. The fourth-order valence-electron chi connectivity index (χ4n) is 6.73. The van der Waals surface area contributed by atoms with Crippen molar-refractivity contribution in [1.82, 2.24) is 20.2 Å². The number of hydrogen-bond donors (Lipinski definition) is 1. The zero-order valence-electron chi connectivity index (χ0n) is 28.4. The third-order valence-corrected chi connectivity index (χ3v) is 9.55. The van der Waals surface area contributed by atoms with Gasteiger partial charge in [0.15, 0.2) is 5.82 Å². The van der Waals surface area contributed by atoms with E-state index in [1.54, 1.807) is 32.1 Å². The summed E-state index contributed by atoms with van der Waals surface area (Å²) in [6.07, 6.45) is 6.64. The lowest BCUT2D eigenvalue weighted by atomic mass is 9.93. The molecule has 1 N–H and O–H groups in total. The van der Waals surface area contributed by atoms with Crippen molar-refractivity contribution in [3.8, 4) is 23.0 Å². The van der Waals surface area contributed by atoms with Crippen LogP contribution in [0.3, 0.4) is 0 Å². The number of allylic oxidation sites excluding steroid dienone is 1. The van der Waals surface area contributed by atoms with Crippen LogP contribution in [0.1, 0.15) is 51.0 Å². The number of nitrogens with one attached hydrogen (secondary N) is 1. The molecule has 2 aromatic carbocycles. The molecule has 48 heavy (non-hydrogen) atoms. The highest BCUT2D eigenvalue weighted by Gasteiger charge is 2.62. The number of carbonyl (C=O) groups excluding carboxylic acids is 3. The Labute approximate surface area is 282 Å². The van der Waals surface area contributed by atoms with Gasteiger partial charge in [0.25, 0.3) is 0 Å². The zero-order valence-corrected chi connectivity index (χ0v) is 28.4. The lowest BCUT2D eigenvalue weighted by Crippen LogP contribution is -2.50. The predicted molar refractivity (Wildman–Crippen MR) is 184 cm³/mol. The van der Waals surface area contributed by atoms with Crippen LogP contribution in [0.5, 0.6) is 11.6 Å². The van der Waals surface area contributed by atoms with E-state index in [1.165, 1.54) is 0 Å². The van der Waals surface area contributed by atoms with Crippen molar-refractivity contribution in [1.29, 1.82) is 0 Å². The summed E-state index contributed by atoms with van der Waals surface area (Å²) in [5.74, 6) is -1.02. The van der Waals surface area contributed by atoms with Crippen molar-refractivity contribution >= 4 is 28.7 Å². The Morgan fingerprint density at radius 2 is 1.81 bits per heavy atom. The largest absolute Gasteiger partial charge is 0.496 e. The summed E-state index contributed by atoms with van der Waals surface area (Å²) in [7, 11) is 3.39. The number of nitrogens with zero attached hydrogens (tertiary/aromatic N) is 3. The number of fused-ring (bicyclic) bond motifs is 1. The van der Waals surface area contributed by atoms with E-state index in [0.29, 0.717) is 47.7 Å². The van der Waals surface area contributed by atoms with Gasteiger partial charge < -0.3 is 24.4 Å². The zero-order chi connectivity index (χ0) is 34.4. The number of rotatable bonds is 15. The Balaban J connectivity index is 1.46. The van der Waals surface area contributed by atoms with Crippen LogP contribution >= 0.6 is 0 Å². The lowest BCUT2D eigenvalue weighted by Gasteiger charge is -2.26. The number of aromatic nitrogens is 2. The second-order valence-corrected chi connectivity index (χ2v) is 12.7. The van der Waals surface area contributed by atoms with Gasteiger partial charge in [-0.3, -0.25) is 9.59 Å². The Hall–Kier alpha value is -4.73. The maximum Gasteiger partial charge on any atom is 0.332 e. The standard InChI is InChI=1S/C38H46N4O6/c1-7-10-11-15-20-42(5)36(44)30-22-27(21-29(30)34(43)41-38(23-26(38)8-2)37(45)47-9-3)48-35-28-18-19-31(46-6)24(4)32(28)39-33(40-35)25-16-13-12-14-17-25/h7-8,12-14,16-19,26-27,29-30H,1-2,9-11,15,20-23H2,3-6H3,(H,41,43)/t26-,27-,29-,30-,38?/m1/s1. The first-order chi connectivity index (χ1) is 23.2. The molecule has 0 spiro atoms. The first kappa shape index (κ1) is 34.6. The quantitative estimate of drug-likeness (QED) is 0.124. The average Bonchev–Trinajstić information content (AvgIpc) is 3.66. The molecule has 3 aromatic rings. The van der Waals surface area contributed by atoms with Crippen molar-refractivity contribution in [3.05, 3.63) is 73.3 Å². The van der Waals surface area contributed by atoms with Crippen molar-refractivity contribution < 1.29 is 28.6 Å². The Kier molecular flexibility index (Phi) is 10.8. The fourth-order valence-corrected chi connectivity index (χ4v) is 6.73. The Morgan fingerprint density at radius 1 is 1.06 bits per heavy atom. The summed E-state index contributed by atoms with van der Waals surface area (Å²) in [5, 5.41) is 3.69. The van der Waals surface area contributed by atoms with Crippen molar-refractivity contribution in [3.63, 3.8) is 0 Å². The number of amides is 2. The molecule has 0 radical (unpaired) electrons. The number of aryl methyl sites for hydroxylation is 1. The van der Waals surface area contributed by atoms with Crippen molar-refractivity contribution in [2.75, 3.05) is 27.3 Å². The van der Waals surface area contributed by atoms with Crippen LogP contribution < -0.4 is 14.8 Å². The SMILES string of the molecule is C=CCCCCN(C)C(=O)[C@@H]1C[C@H](Oc2nc(-c3ccccc3)nc3c(C)c(OC)ccc23)C[C@H]1C(=O)NC1(C(=O)OCC)C[C@H]1C=C. The van der Waals surface area contributed by atoms with Crippen LogP contribution in [-0.2, 0) is 19.1 Å². The molecule has 0 saturated heterocycles. The molecule has 2 aliphatic carbocycles. The molecule has 1 heterocycles. The normalized spacial score (nSPS) is 22.8. The minimum Gasteiger partial charge on any atom is -0.496 e. The molecule has 10 heteroatoms. The lowest BCUT2D eigenvalue weighted by molar-refractivity contribution is -0.150. The van der Waals surface area contributed by atoms with Crippen LogP contribution in [0.4, 0.5) is 0 Å². The van der Waals surface area contributed by atoms with E-state index < -0.39 is 29.4 Å². The van der Waals surface area contributed by atoms with Gasteiger partial charge in [0.2, 0.25) is 17.7 Å². The highest BCUT2D eigenvalue weighted by molar-refractivity contribution is 5.95. The van der Waals surface area contributed by atoms with Gasteiger partial charge in [-0.1, -0.05) is 42.5 Å². The van der Waals surface area contributed by atoms with Crippen LogP contribution in [0, 0.1) is 24.7 Å². The molecule has 2 fully saturated rings. The third-order valence-electron chi connectivity index (χ3n) is 9.55. The van der Waals surface area contributed by atoms with E-state index >= 15 is 0 Å². The second kappa shape index (κ2) is 15.0. The Bertz CT molecular complexity index is 1680. The van der Waals surface area contributed by atoms with Gasteiger partial charge in [-0.15, -0.1) is 13.2 Å². The van der Waals surface area contributed by atoms with Gasteiger partial charge in [-0.25, -0.2) is 9.78 Å². The van der Waals surface area contributed by atoms with Gasteiger partial charge in [-0.05, 0) is 64.5 Å². The first-order valence-corrected chi connectivity index (χ1v) is 16.7. The monoisotopic (exact) mass is 654 g/mol. The number of hydrogen-bond acceptors (Lipinski definition) is 8. The van der Waals surface area contributed by atoms with Gasteiger partial charge in [0.1, 0.15) is 17.4 Å². The number of benzene rings is 2.